The summed E-state index contributed by atoms with van der Waals surface area (Å²) in [5, 5.41) is 0. The smallest absolute Gasteiger partial charge is 0.255 e. The van der Waals surface area contributed by atoms with Crippen LogP contribution in [-0.4, -0.2) is 76.7 Å². The lowest BCUT2D eigenvalue weighted by molar-refractivity contribution is -0.141. The molecule has 0 aromatic carbocycles. The third-order valence-electron chi connectivity index (χ3n) is 6.77. The molecule has 146 valence electrons. The molecule has 2 saturated heterocycles. The van der Waals surface area contributed by atoms with Crippen LogP contribution in [0.3, 0.4) is 0 Å². The van der Waals surface area contributed by atoms with E-state index < -0.39 is 0 Å². The summed E-state index contributed by atoms with van der Waals surface area (Å²) in [6, 6.07) is 3.55. The van der Waals surface area contributed by atoms with Gasteiger partial charge in [0.25, 0.3) is 5.91 Å². The molecule has 2 bridgehead atoms. The van der Waals surface area contributed by atoms with Crippen molar-refractivity contribution in [2.45, 2.75) is 6.42 Å². The molecule has 3 amide bonds. The number of nitrogens with zero attached hydrogens (tertiary/aromatic N) is 4. The summed E-state index contributed by atoms with van der Waals surface area (Å²) >= 11 is 0. The summed E-state index contributed by atoms with van der Waals surface area (Å²) in [5.41, 5.74) is 0.610. The Morgan fingerprint density at radius 1 is 1.00 bits per heavy atom. The first-order chi connectivity index (χ1) is 13.6. The number of amides is 3. The number of aromatic nitrogens is 1. The van der Waals surface area contributed by atoms with Crippen molar-refractivity contribution in [3.63, 3.8) is 0 Å². The number of hydrogen-bond acceptors (Lipinski definition) is 5. The molecule has 0 radical (unpaired) electrons. The minimum atomic E-state index is -0.114. The highest BCUT2D eigenvalue weighted by Crippen LogP contribution is 2.52. The summed E-state index contributed by atoms with van der Waals surface area (Å²) in [7, 11) is 0. The number of allylic oxidation sites excluding steroid dienone is 2. The van der Waals surface area contributed by atoms with E-state index in [1.54, 1.807) is 24.5 Å². The molecule has 4 atom stereocenters. The van der Waals surface area contributed by atoms with Gasteiger partial charge in [-0.3, -0.25) is 29.2 Å². The normalized spacial score (nSPS) is 31.7. The van der Waals surface area contributed by atoms with Gasteiger partial charge in [0.15, 0.2) is 0 Å². The fourth-order valence-electron chi connectivity index (χ4n) is 5.27. The molecule has 1 aromatic rings. The quantitative estimate of drug-likeness (QED) is 0.566. The predicted octanol–water partition coefficient (Wildman–Crippen LogP) is 0.647. The zero-order chi connectivity index (χ0) is 19.3. The Bertz CT molecular complexity index is 801. The summed E-state index contributed by atoms with van der Waals surface area (Å²) in [6.07, 6.45) is 8.47. The van der Waals surface area contributed by atoms with Gasteiger partial charge >= 0.3 is 0 Å². The monoisotopic (exact) mass is 380 g/mol. The number of fused-ring (bicyclic) bond motifs is 5. The van der Waals surface area contributed by atoms with E-state index in [1.807, 2.05) is 4.90 Å². The minimum Gasteiger partial charge on any atom is -0.336 e. The Hall–Kier alpha value is -2.54. The van der Waals surface area contributed by atoms with E-state index in [1.165, 1.54) is 4.90 Å². The van der Waals surface area contributed by atoms with E-state index in [-0.39, 0.29) is 41.4 Å². The van der Waals surface area contributed by atoms with E-state index in [0.717, 1.165) is 19.5 Å². The molecule has 5 rings (SSSR count). The lowest BCUT2D eigenvalue weighted by Gasteiger charge is -2.35. The molecule has 7 nitrogen and oxygen atoms in total. The van der Waals surface area contributed by atoms with Crippen molar-refractivity contribution in [3.8, 4) is 0 Å². The first-order valence-corrected chi connectivity index (χ1v) is 10.1. The van der Waals surface area contributed by atoms with E-state index >= 15 is 0 Å². The molecule has 7 heteroatoms. The summed E-state index contributed by atoms with van der Waals surface area (Å²) < 4.78 is 0. The van der Waals surface area contributed by atoms with Crippen LogP contribution < -0.4 is 0 Å². The number of rotatable bonds is 4. The first-order valence-electron chi connectivity index (χ1n) is 10.1. The number of piperazine rings is 1. The standard InChI is InChI=1S/C21H24N4O3/c26-19(16-2-1-5-22-13-16)24-9-6-23(7-10-24)8-11-25-20(27)17-14-3-4-15(12-14)18(17)21(25)28/h1-5,13-15,17-18H,6-12H2/t14-,15-,17+,18+/m1/s1. The van der Waals surface area contributed by atoms with Gasteiger partial charge in [0.1, 0.15) is 0 Å². The fraction of sp³-hybridized carbons (Fsp3) is 0.524. The Morgan fingerprint density at radius 2 is 1.68 bits per heavy atom. The molecule has 3 fully saturated rings. The molecule has 2 aliphatic carbocycles. The molecule has 1 aromatic heterocycles. The van der Waals surface area contributed by atoms with Crippen LogP contribution in [0, 0.1) is 23.7 Å². The average Bonchev–Trinajstić information content (AvgIpc) is 3.41. The highest BCUT2D eigenvalue weighted by atomic mass is 16.2. The summed E-state index contributed by atoms with van der Waals surface area (Å²) in [4.78, 5) is 47.6. The molecule has 0 spiro atoms. The van der Waals surface area contributed by atoms with E-state index in [4.69, 9.17) is 0 Å². The Labute approximate surface area is 164 Å². The Balaban J connectivity index is 1.14. The van der Waals surface area contributed by atoms with Crippen LogP contribution in [-0.2, 0) is 9.59 Å². The van der Waals surface area contributed by atoms with Gasteiger partial charge in [-0.2, -0.15) is 0 Å². The van der Waals surface area contributed by atoms with Crippen molar-refractivity contribution >= 4 is 17.7 Å². The SMILES string of the molecule is O=C(c1cccnc1)N1CCN(CCN2C(=O)[C@@H]3[C@@H](C2=O)[C@@H]2C=C[C@@H]3C2)CC1. The molecule has 2 aliphatic heterocycles. The molecular formula is C21H24N4O3. The number of likely N-dealkylation sites (tertiary alicyclic amines) is 1. The van der Waals surface area contributed by atoms with Gasteiger partial charge in [-0.05, 0) is 30.4 Å². The highest BCUT2D eigenvalue weighted by molar-refractivity contribution is 6.06. The molecule has 28 heavy (non-hydrogen) atoms. The van der Waals surface area contributed by atoms with Gasteiger partial charge in [0.2, 0.25) is 11.8 Å². The number of imide groups is 1. The van der Waals surface area contributed by atoms with Crippen molar-refractivity contribution in [1.29, 1.82) is 0 Å². The maximum Gasteiger partial charge on any atom is 0.255 e. The fourth-order valence-corrected chi connectivity index (χ4v) is 5.27. The third kappa shape index (κ3) is 2.76. The van der Waals surface area contributed by atoms with Crippen molar-refractivity contribution in [1.82, 2.24) is 19.7 Å². The van der Waals surface area contributed by atoms with Crippen LogP contribution in [0.2, 0.25) is 0 Å². The Kier molecular flexibility index (Phi) is 4.27. The predicted molar refractivity (Wildman–Crippen MR) is 101 cm³/mol. The maximum absolute atomic E-state index is 12.8. The van der Waals surface area contributed by atoms with Gasteiger partial charge in [-0.25, -0.2) is 0 Å². The van der Waals surface area contributed by atoms with Crippen LogP contribution in [0.15, 0.2) is 36.7 Å². The summed E-state index contributed by atoms with van der Waals surface area (Å²) in [5.74, 6) is 0.354. The Morgan fingerprint density at radius 3 is 2.29 bits per heavy atom. The van der Waals surface area contributed by atoms with Crippen LogP contribution in [0.25, 0.3) is 0 Å². The van der Waals surface area contributed by atoms with Crippen molar-refractivity contribution in [3.05, 3.63) is 42.2 Å². The molecule has 4 aliphatic rings. The third-order valence-corrected chi connectivity index (χ3v) is 6.77. The van der Waals surface area contributed by atoms with Gasteiger partial charge in [-0.15, -0.1) is 0 Å². The number of pyridine rings is 1. The second-order valence-electron chi connectivity index (χ2n) is 8.20. The van der Waals surface area contributed by atoms with Gasteiger partial charge in [0.05, 0.1) is 17.4 Å². The maximum atomic E-state index is 12.8. The first kappa shape index (κ1) is 17.6. The van der Waals surface area contributed by atoms with Gasteiger partial charge in [0, 0.05) is 51.7 Å². The molecule has 0 unspecified atom stereocenters. The highest BCUT2D eigenvalue weighted by Gasteiger charge is 2.59. The zero-order valence-corrected chi connectivity index (χ0v) is 15.7. The van der Waals surface area contributed by atoms with E-state index in [0.29, 0.717) is 31.7 Å². The summed E-state index contributed by atoms with van der Waals surface area (Å²) in [6.45, 7) is 3.93. The van der Waals surface area contributed by atoms with Crippen LogP contribution in [0.4, 0.5) is 0 Å². The molecule has 1 saturated carbocycles. The lowest BCUT2D eigenvalue weighted by atomic mass is 9.85. The molecule has 3 heterocycles. The van der Waals surface area contributed by atoms with Crippen molar-refractivity contribution in [2.75, 3.05) is 39.3 Å². The zero-order valence-electron chi connectivity index (χ0n) is 15.7. The van der Waals surface area contributed by atoms with Crippen LogP contribution >= 0.6 is 0 Å². The van der Waals surface area contributed by atoms with E-state index in [2.05, 4.69) is 22.0 Å². The number of hydrogen-bond donors (Lipinski definition) is 0. The number of carbonyl (C=O) groups excluding carboxylic acids is 3. The number of carbonyl (C=O) groups is 3. The largest absolute Gasteiger partial charge is 0.336 e. The topological polar surface area (TPSA) is 73.8 Å². The second-order valence-corrected chi connectivity index (χ2v) is 8.20. The van der Waals surface area contributed by atoms with Crippen molar-refractivity contribution < 1.29 is 14.4 Å². The second kappa shape index (κ2) is 6.81. The lowest BCUT2D eigenvalue weighted by Crippen LogP contribution is -2.50. The van der Waals surface area contributed by atoms with Crippen LogP contribution in [0.5, 0.6) is 0 Å². The minimum absolute atomic E-state index is 0.00782. The van der Waals surface area contributed by atoms with E-state index in [9.17, 15) is 14.4 Å². The molecular weight excluding hydrogens is 356 g/mol. The van der Waals surface area contributed by atoms with Crippen LogP contribution in [0.1, 0.15) is 16.8 Å². The molecule has 0 N–H and O–H groups in total. The van der Waals surface area contributed by atoms with Crippen molar-refractivity contribution in [2.24, 2.45) is 23.7 Å². The average molecular weight is 380 g/mol. The van der Waals surface area contributed by atoms with Gasteiger partial charge in [-0.1, -0.05) is 12.2 Å². The van der Waals surface area contributed by atoms with Gasteiger partial charge < -0.3 is 4.90 Å².